The van der Waals surface area contributed by atoms with Gasteiger partial charge in [0.1, 0.15) is 0 Å². The number of amides is 1. The fraction of sp³-hybridized carbons (Fsp3) is 0.857. The summed E-state index contributed by atoms with van der Waals surface area (Å²) in [5.41, 5.74) is 0. The van der Waals surface area contributed by atoms with Gasteiger partial charge in [0.05, 0.1) is 12.7 Å². The van der Waals surface area contributed by atoms with E-state index in [0.29, 0.717) is 0 Å². The van der Waals surface area contributed by atoms with Gasteiger partial charge in [-0.05, 0) is 12.8 Å². The van der Waals surface area contributed by atoms with Crippen LogP contribution >= 0.6 is 0 Å². The van der Waals surface area contributed by atoms with Crippen LogP contribution in [-0.2, 0) is 4.79 Å². The molecule has 0 spiro atoms. The molecule has 1 atom stereocenters. The largest absolute Gasteiger partial charge is 0.342 e. The number of rotatable bonds is 0. The topological polar surface area (TPSA) is 32.3 Å². The third-order valence-corrected chi connectivity index (χ3v) is 2.37. The van der Waals surface area contributed by atoms with Crippen LogP contribution in [0.2, 0.25) is 0 Å². The number of carbonyl (C=O) groups is 1. The lowest BCUT2D eigenvalue weighted by atomic mass is 10.0. The van der Waals surface area contributed by atoms with E-state index in [4.69, 9.17) is 0 Å². The molecule has 1 unspecified atom stereocenters. The summed E-state index contributed by atoms with van der Waals surface area (Å²) in [7, 11) is 0. The van der Waals surface area contributed by atoms with E-state index in [1.54, 1.807) is 0 Å². The fourth-order valence-electron chi connectivity index (χ4n) is 1.77. The summed E-state index contributed by atoms with van der Waals surface area (Å²) in [5, 5.41) is 2.85. The van der Waals surface area contributed by atoms with Gasteiger partial charge in [0.25, 0.3) is 0 Å². The van der Waals surface area contributed by atoms with E-state index in [-0.39, 0.29) is 11.9 Å². The Morgan fingerprint density at radius 3 is 3.20 bits per heavy atom. The summed E-state index contributed by atoms with van der Waals surface area (Å²) in [6.07, 6.45) is 3.53. The minimum absolute atomic E-state index is 0.216. The number of piperidine rings is 1. The highest BCUT2D eigenvalue weighted by Gasteiger charge is 2.33. The molecule has 2 saturated heterocycles. The zero-order valence-corrected chi connectivity index (χ0v) is 5.97. The average molecular weight is 140 g/mol. The van der Waals surface area contributed by atoms with Gasteiger partial charge in [-0.2, -0.15) is 0 Å². The van der Waals surface area contributed by atoms with Gasteiger partial charge in [0, 0.05) is 6.54 Å². The Morgan fingerprint density at radius 1 is 1.50 bits per heavy atom. The second-order valence-electron chi connectivity index (χ2n) is 3.02. The highest BCUT2D eigenvalue weighted by Crippen LogP contribution is 2.19. The summed E-state index contributed by atoms with van der Waals surface area (Å²) in [5.74, 6) is 0.236. The van der Waals surface area contributed by atoms with Gasteiger partial charge in [0.2, 0.25) is 5.91 Å². The van der Waals surface area contributed by atoms with E-state index in [1.165, 1.54) is 12.8 Å². The van der Waals surface area contributed by atoms with Crippen molar-refractivity contribution < 1.29 is 4.79 Å². The molecule has 0 saturated carbocycles. The highest BCUT2D eigenvalue weighted by molar-refractivity contribution is 5.83. The van der Waals surface area contributed by atoms with Crippen molar-refractivity contribution in [3.63, 3.8) is 0 Å². The van der Waals surface area contributed by atoms with Gasteiger partial charge in [-0.1, -0.05) is 6.42 Å². The van der Waals surface area contributed by atoms with Crippen LogP contribution in [0.4, 0.5) is 0 Å². The van der Waals surface area contributed by atoms with E-state index in [2.05, 4.69) is 10.2 Å². The van der Waals surface area contributed by atoms with Crippen molar-refractivity contribution in [3.05, 3.63) is 0 Å². The molecule has 2 heterocycles. The maximum Gasteiger partial charge on any atom is 0.238 e. The maximum atomic E-state index is 11.1. The number of hydrogen-bond donors (Lipinski definition) is 1. The van der Waals surface area contributed by atoms with Crippen LogP contribution in [0.25, 0.3) is 0 Å². The Labute approximate surface area is 60.4 Å². The van der Waals surface area contributed by atoms with E-state index in [0.717, 1.165) is 19.6 Å². The molecule has 10 heavy (non-hydrogen) atoms. The molecular weight excluding hydrogens is 128 g/mol. The average Bonchev–Trinajstić information content (AvgIpc) is 2.34. The van der Waals surface area contributed by atoms with Crippen molar-refractivity contribution >= 4 is 5.91 Å². The SMILES string of the molecule is O=C1NCN2CCCCC12. The van der Waals surface area contributed by atoms with Crippen molar-refractivity contribution in [2.45, 2.75) is 25.3 Å². The van der Waals surface area contributed by atoms with Crippen LogP contribution in [0.1, 0.15) is 19.3 Å². The van der Waals surface area contributed by atoms with Gasteiger partial charge in [-0.15, -0.1) is 0 Å². The molecule has 2 aliphatic heterocycles. The molecule has 0 aromatic rings. The first-order valence-corrected chi connectivity index (χ1v) is 3.90. The van der Waals surface area contributed by atoms with Crippen molar-refractivity contribution in [1.29, 1.82) is 0 Å². The van der Waals surface area contributed by atoms with Crippen LogP contribution in [0, 0.1) is 0 Å². The Kier molecular flexibility index (Phi) is 1.38. The molecule has 3 nitrogen and oxygen atoms in total. The monoisotopic (exact) mass is 140 g/mol. The molecule has 56 valence electrons. The smallest absolute Gasteiger partial charge is 0.238 e. The first-order chi connectivity index (χ1) is 4.88. The molecule has 3 heteroatoms. The molecule has 0 radical (unpaired) electrons. The van der Waals surface area contributed by atoms with E-state index in [1.807, 2.05) is 0 Å². The summed E-state index contributed by atoms with van der Waals surface area (Å²) in [6, 6.07) is 0.216. The van der Waals surface area contributed by atoms with Crippen molar-refractivity contribution in [1.82, 2.24) is 10.2 Å². The Balaban J connectivity index is 2.08. The van der Waals surface area contributed by atoms with E-state index in [9.17, 15) is 4.79 Å². The third kappa shape index (κ3) is 0.814. The Hall–Kier alpha value is -0.570. The lowest BCUT2D eigenvalue weighted by molar-refractivity contribution is -0.122. The second-order valence-corrected chi connectivity index (χ2v) is 3.02. The van der Waals surface area contributed by atoms with Crippen molar-refractivity contribution in [3.8, 4) is 0 Å². The fourth-order valence-corrected chi connectivity index (χ4v) is 1.77. The van der Waals surface area contributed by atoms with E-state index >= 15 is 0 Å². The predicted molar refractivity (Wildman–Crippen MR) is 37.4 cm³/mol. The predicted octanol–water partition coefficient (Wildman–Crippen LogP) is -0.0718. The number of fused-ring (bicyclic) bond motifs is 1. The second kappa shape index (κ2) is 2.23. The van der Waals surface area contributed by atoms with Crippen LogP contribution in [0.5, 0.6) is 0 Å². The van der Waals surface area contributed by atoms with Gasteiger partial charge in [-0.25, -0.2) is 0 Å². The molecule has 1 N–H and O–H groups in total. The number of hydrogen-bond acceptors (Lipinski definition) is 2. The lowest BCUT2D eigenvalue weighted by Crippen LogP contribution is -2.37. The highest BCUT2D eigenvalue weighted by atomic mass is 16.2. The van der Waals surface area contributed by atoms with E-state index < -0.39 is 0 Å². The number of nitrogens with zero attached hydrogens (tertiary/aromatic N) is 1. The molecule has 1 amide bonds. The van der Waals surface area contributed by atoms with Gasteiger partial charge >= 0.3 is 0 Å². The maximum absolute atomic E-state index is 11.1. The summed E-state index contributed by atoms with van der Waals surface area (Å²) in [4.78, 5) is 13.3. The normalized spacial score (nSPS) is 33.6. The first-order valence-electron chi connectivity index (χ1n) is 3.90. The van der Waals surface area contributed by atoms with Crippen LogP contribution in [0.15, 0.2) is 0 Å². The molecule has 0 bridgehead atoms. The molecule has 2 rings (SSSR count). The summed E-state index contributed by atoms with van der Waals surface area (Å²) >= 11 is 0. The zero-order chi connectivity index (χ0) is 6.97. The zero-order valence-electron chi connectivity index (χ0n) is 5.97. The molecule has 0 aliphatic carbocycles. The van der Waals surface area contributed by atoms with Crippen LogP contribution in [-0.4, -0.2) is 30.1 Å². The molecule has 0 aromatic heterocycles. The lowest BCUT2D eigenvalue weighted by Gasteiger charge is -2.25. The standard InChI is InChI=1S/C7H12N2O/c10-7-6-3-1-2-4-9(6)5-8-7/h6H,1-5H2,(H,8,10). The molecule has 0 aromatic carbocycles. The Morgan fingerprint density at radius 2 is 2.40 bits per heavy atom. The number of nitrogens with one attached hydrogen (secondary N) is 1. The first kappa shape index (κ1) is 6.16. The van der Waals surface area contributed by atoms with Crippen LogP contribution < -0.4 is 5.32 Å². The van der Waals surface area contributed by atoms with Crippen LogP contribution in [0.3, 0.4) is 0 Å². The van der Waals surface area contributed by atoms with Crippen molar-refractivity contribution in [2.24, 2.45) is 0 Å². The van der Waals surface area contributed by atoms with Gasteiger partial charge in [0.15, 0.2) is 0 Å². The van der Waals surface area contributed by atoms with Gasteiger partial charge in [-0.3, -0.25) is 9.69 Å². The van der Waals surface area contributed by atoms with Gasteiger partial charge < -0.3 is 5.32 Å². The molecule has 2 fully saturated rings. The summed E-state index contributed by atoms with van der Waals surface area (Å²) < 4.78 is 0. The minimum atomic E-state index is 0.216. The quantitative estimate of drug-likeness (QED) is 0.510. The molecule has 2 aliphatic rings. The third-order valence-electron chi connectivity index (χ3n) is 2.37. The minimum Gasteiger partial charge on any atom is -0.342 e. The summed E-state index contributed by atoms with van der Waals surface area (Å²) in [6.45, 7) is 1.88. The number of carbonyl (C=O) groups excluding carboxylic acids is 1. The molecular formula is C7H12N2O. The Bertz CT molecular complexity index is 158. The van der Waals surface area contributed by atoms with Crippen molar-refractivity contribution in [2.75, 3.05) is 13.2 Å².